The average Bonchev–Trinajstić information content (AvgIpc) is 3.54. The summed E-state index contributed by atoms with van der Waals surface area (Å²) in [6, 6.07) is 64.4. The predicted molar refractivity (Wildman–Crippen MR) is 248 cm³/mol. The molecule has 11 rings (SSSR count). The van der Waals surface area contributed by atoms with Crippen LogP contribution in [0.25, 0.3) is 76.8 Å². The average molecular weight is 744 g/mol. The molecular weight excluding hydrogens is 699 g/mol. The highest BCUT2D eigenvalue weighted by atomic mass is 15.1. The summed E-state index contributed by atoms with van der Waals surface area (Å²) in [5.41, 5.74) is 11.6. The molecule has 0 radical (unpaired) electrons. The van der Waals surface area contributed by atoms with Crippen molar-refractivity contribution in [1.29, 1.82) is 0 Å². The molecule has 0 aliphatic heterocycles. The monoisotopic (exact) mass is 743 g/mol. The molecule has 1 aliphatic rings. The van der Waals surface area contributed by atoms with Crippen LogP contribution in [0.15, 0.2) is 212 Å². The van der Waals surface area contributed by atoms with Crippen LogP contribution in [-0.4, -0.2) is 0 Å². The predicted octanol–water partition coefficient (Wildman–Crippen LogP) is 15.9. The molecule has 0 amide bonds. The van der Waals surface area contributed by atoms with Crippen LogP contribution in [0.1, 0.15) is 30.5 Å². The van der Waals surface area contributed by atoms with Gasteiger partial charge in [0.05, 0.1) is 5.48 Å². The maximum Gasteiger partial charge on any atom is 0.0645 e. The summed E-state index contributed by atoms with van der Waals surface area (Å²) in [5, 5.41) is 6.36. The van der Waals surface area contributed by atoms with Crippen LogP contribution in [0, 0.1) is 0 Å². The maximum atomic E-state index is 9.77. The second kappa shape index (κ2) is 13.5. The zero-order chi connectivity index (χ0) is 42.3. The topological polar surface area (TPSA) is 3.24 Å². The number of hydrogen-bond donors (Lipinski definition) is 0. The lowest BCUT2D eigenvalue weighted by atomic mass is 9.82. The summed E-state index contributed by atoms with van der Waals surface area (Å²) in [7, 11) is 0. The third kappa shape index (κ3) is 5.54. The van der Waals surface area contributed by atoms with Crippen molar-refractivity contribution in [3.05, 3.63) is 223 Å². The van der Waals surface area contributed by atoms with Crippen molar-refractivity contribution in [2.45, 2.75) is 19.3 Å². The third-order valence-corrected chi connectivity index (χ3v) is 12.1. The van der Waals surface area contributed by atoms with Crippen LogP contribution in [-0.2, 0) is 5.41 Å². The van der Waals surface area contributed by atoms with Crippen molar-refractivity contribution < 1.29 is 5.48 Å². The van der Waals surface area contributed by atoms with E-state index in [-0.39, 0.29) is 40.8 Å². The van der Waals surface area contributed by atoms with E-state index in [0.29, 0.717) is 5.56 Å². The summed E-state index contributed by atoms with van der Waals surface area (Å²) >= 11 is 0. The minimum atomic E-state index is -0.289. The van der Waals surface area contributed by atoms with Gasteiger partial charge in [-0.3, -0.25) is 0 Å². The first-order valence-corrected chi connectivity index (χ1v) is 19.9. The van der Waals surface area contributed by atoms with Gasteiger partial charge < -0.3 is 4.90 Å². The Bertz CT molecular complexity index is 3410. The van der Waals surface area contributed by atoms with Gasteiger partial charge >= 0.3 is 0 Å². The van der Waals surface area contributed by atoms with Gasteiger partial charge in [-0.1, -0.05) is 178 Å². The molecule has 10 aromatic carbocycles. The van der Waals surface area contributed by atoms with E-state index in [4.69, 9.17) is 0 Å². The second-order valence-electron chi connectivity index (χ2n) is 15.8. The Balaban J connectivity index is 1.08. The van der Waals surface area contributed by atoms with E-state index in [1.54, 1.807) is 0 Å². The van der Waals surface area contributed by atoms with Gasteiger partial charge in [-0.05, 0) is 136 Å². The molecule has 1 aliphatic carbocycles. The standard InChI is InChI=1S/C57H41N/c1-57(2)55-24-10-9-22-52(55)53-34-33-46(37-56(53)57)58(45-31-27-40(28-32-45)54-36-43-14-4-6-19-49(43)50-20-7-8-21-51(50)54)44-29-25-38(26-30-44)41-16-11-17-42(35-41)48-23-12-15-39-13-3-5-18-47(39)48/h3-37H,1-2H3/i27D,28D,31D,32D. The molecule has 10 aromatic rings. The van der Waals surface area contributed by atoms with Gasteiger partial charge in [0.25, 0.3) is 0 Å². The Morgan fingerprint density at radius 1 is 0.345 bits per heavy atom. The highest BCUT2D eigenvalue weighted by molar-refractivity contribution is 6.13. The molecule has 0 saturated carbocycles. The van der Waals surface area contributed by atoms with E-state index in [1.807, 2.05) is 59.5 Å². The van der Waals surface area contributed by atoms with Crippen molar-refractivity contribution >= 4 is 49.4 Å². The van der Waals surface area contributed by atoms with E-state index in [0.717, 1.165) is 60.7 Å². The molecule has 0 N–H and O–H groups in total. The van der Waals surface area contributed by atoms with Gasteiger partial charge in [-0.15, -0.1) is 0 Å². The molecule has 0 atom stereocenters. The highest BCUT2D eigenvalue weighted by Crippen LogP contribution is 2.51. The SMILES string of the molecule is [2H]c1c([2H])c(N(c2ccc(-c3cccc(-c4cccc5ccccc45)c3)cc2)c2ccc3c(c2)C(C)(C)c2ccccc2-3)c([2H])c([2H])c1-c1cc2ccccc2c2ccccc12. The summed E-state index contributed by atoms with van der Waals surface area (Å²) in [6.07, 6.45) is 0. The molecule has 0 unspecified atom stereocenters. The summed E-state index contributed by atoms with van der Waals surface area (Å²) in [4.78, 5) is 1.92. The van der Waals surface area contributed by atoms with Gasteiger partial charge in [-0.25, -0.2) is 0 Å². The van der Waals surface area contributed by atoms with Crippen LogP contribution in [0.4, 0.5) is 17.1 Å². The molecule has 0 aromatic heterocycles. The first kappa shape index (κ1) is 30.0. The molecule has 0 fully saturated rings. The lowest BCUT2D eigenvalue weighted by molar-refractivity contribution is 0.660. The fraction of sp³-hybridized carbons (Fsp3) is 0.0526. The normalized spacial score (nSPS) is 13.8. The molecule has 0 bridgehead atoms. The van der Waals surface area contributed by atoms with Crippen molar-refractivity contribution in [2.75, 3.05) is 4.90 Å². The van der Waals surface area contributed by atoms with Crippen LogP contribution >= 0.6 is 0 Å². The van der Waals surface area contributed by atoms with Crippen molar-refractivity contribution in [3.8, 4) is 44.5 Å². The van der Waals surface area contributed by atoms with E-state index < -0.39 is 0 Å². The zero-order valence-corrected chi connectivity index (χ0v) is 32.3. The fourth-order valence-electron chi connectivity index (χ4n) is 9.20. The molecule has 0 spiro atoms. The number of hydrogen-bond acceptors (Lipinski definition) is 1. The molecule has 274 valence electrons. The number of anilines is 3. The zero-order valence-electron chi connectivity index (χ0n) is 36.3. The minimum absolute atomic E-state index is 0.0813. The Morgan fingerprint density at radius 2 is 0.948 bits per heavy atom. The first-order valence-electron chi connectivity index (χ1n) is 21.9. The Morgan fingerprint density at radius 3 is 1.78 bits per heavy atom. The summed E-state index contributed by atoms with van der Waals surface area (Å²) in [6.45, 7) is 4.48. The van der Waals surface area contributed by atoms with Crippen molar-refractivity contribution in [3.63, 3.8) is 0 Å². The summed E-state index contributed by atoms with van der Waals surface area (Å²) in [5.74, 6) is 0. The van der Waals surface area contributed by atoms with Gasteiger partial charge in [0, 0.05) is 22.5 Å². The van der Waals surface area contributed by atoms with Crippen LogP contribution in [0.5, 0.6) is 0 Å². The second-order valence-corrected chi connectivity index (χ2v) is 15.8. The molecule has 58 heavy (non-hydrogen) atoms. The lowest BCUT2D eigenvalue weighted by Crippen LogP contribution is -2.16. The van der Waals surface area contributed by atoms with Gasteiger partial charge in [0.15, 0.2) is 0 Å². The van der Waals surface area contributed by atoms with E-state index >= 15 is 0 Å². The minimum Gasteiger partial charge on any atom is -0.310 e. The van der Waals surface area contributed by atoms with Crippen LogP contribution in [0.3, 0.4) is 0 Å². The highest BCUT2D eigenvalue weighted by Gasteiger charge is 2.35. The number of rotatable bonds is 6. The van der Waals surface area contributed by atoms with E-state index in [2.05, 4.69) is 147 Å². The van der Waals surface area contributed by atoms with Crippen LogP contribution in [0.2, 0.25) is 0 Å². The Labute approximate surface area is 345 Å². The number of benzene rings is 10. The molecule has 0 saturated heterocycles. The lowest BCUT2D eigenvalue weighted by Gasteiger charge is -2.28. The number of fused-ring (bicyclic) bond motifs is 7. The smallest absolute Gasteiger partial charge is 0.0645 e. The largest absolute Gasteiger partial charge is 0.310 e. The molecule has 1 heteroatoms. The molecule has 0 heterocycles. The molecular formula is C57H41N. The Hall–Kier alpha value is -7.22. The van der Waals surface area contributed by atoms with Gasteiger partial charge in [-0.2, -0.15) is 0 Å². The quantitative estimate of drug-likeness (QED) is 0.153. The third-order valence-electron chi connectivity index (χ3n) is 12.1. The summed E-state index contributed by atoms with van der Waals surface area (Å²) < 4.78 is 38.8. The van der Waals surface area contributed by atoms with E-state index in [1.165, 1.54) is 27.5 Å². The Kier molecular flexibility index (Phi) is 6.96. The van der Waals surface area contributed by atoms with Crippen LogP contribution < -0.4 is 4.90 Å². The van der Waals surface area contributed by atoms with Crippen molar-refractivity contribution in [1.82, 2.24) is 0 Å². The van der Waals surface area contributed by atoms with Gasteiger partial charge in [0.2, 0.25) is 0 Å². The molecule has 1 nitrogen and oxygen atoms in total. The first-order chi connectivity index (χ1) is 30.2. The van der Waals surface area contributed by atoms with Crippen molar-refractivity contribution in [2.24, 2.45) is 0 Å². The number of nitrogens with zero attached hydrogens (tertiary/aromatic N) is 1. The fourth-order valence-corrected chi connectivity index (χ4v) is 9.20. The van der Waals surface area contributed by atoms with E-state index in [9.17, 15) is 5.48 Å². The maximum absolute atomic E-state index is 9.77. The van der Waals surface area contributed by atoms with Gasteiger partial charge in [0.1, 0.15) is 0 Å².